The summed E-state index contributed by atoms with van der Waals surface area (Å²) >= 11 is 0. The molecule has 5 nitrogen and oxygen atoms in total. The summed E-state index contributed by atoms with van der Waals surface area (Å²) in [5.74, 6) is -1.19. The van der Waals surface area contributed by atoms with Crippen LogP contribution in [0.1, 0.15) is 25.3 Å². The third-order valence-corrected chi connectivity index (χ3v) is 3.26. The van der Waals surface area contributed by atoms with Gasteiger partial charge in [0.1, 0.15) is 6.04 Å². The molecule has 120 valence electrons. The maximum absolute atomic E-state index is 12.3. The number of carboxylic acids is 1. The Morgan fingerprint density at radius 2 is 2.05 bits per heavy atom. The van der Waals surface area contributed by atoms with Crippen molar-refractivity contribution in [3.8, 4) is 0 Å². The third kappa shape index (κ3) is 6.10. The number of ether oxygens (including phenoxy) is 1. The van der Waals surface area contributed by atoms with Gasteiger partial charge in [-0.2, -0.15) is 0 Å². The van der Waals surface area contributed by atoms with Crippen molar-refractivity contribution in [2.45, 2.75) is 32.4 Å². The van der Waals surface area contributed by atoms with E-state index in [0.29, 0.717) is 26.2 Å². The largest absolute Gasteiger partial charge is 0.480 e. The van der Waals surface area contributed by atoms with Crippen LogP contribution in [0, 0.1) is 0 Å². The highest BCUT2D eigenvalue weighted by molar-refractivity contribution is 5.83. The first-order chi connectivity index (χ1) is 10.6. The zero-order valence-electron chi connectivity index (χ0n) is 12.9. The molecule has 0 radical (unpaired) electrons. The number of rotatable bonds is 10. The second kappa shape index (κ2) is 9.73. The standard InChI is InChI=1S/C17H23NO4/c1-3-11-22-12-7-10-16(19)18(14(2)17(20)21)13-15-8-5-4-6-9-15/h3-6,8-9,14H,1,7,10-13H2,2H3,(H,20,21). The minimum atomic E-state index is -1.01. The fourth-order valence-corrected chi connectivity index (χ4v) is 1.99. The summed E-state index contributed by atoms with van der Waals surface area (Å²) in [5, 5.41) is 9.19. The van der Waals surface area contributed by atoms with Gasteiger partial charge in [0.2, 0.25) is 5.91 Å². The molecule has 5 heteroatoms. The van der Waals surface area contributed by atoms with Crippen molar-refractivity contribution in [1.82, 2.24) is 4.90 Å². The van der Waals surface area contributed by atoms with Gasteiger partial charge in [0.25, 0.3) is 0 Å². The fourth-order valence-electron chi connectivity index (χ4n) is 1.99. The van der Waals surface area contributed by atoms with Crippen LogP contribution in [-0.4, -0.2) is 41.1 Å². The van der Waals surface area contributed by atoms with Gasteiger partial charge >= 0.3 is 5.97 Å². The van der Waals surface area contributed by atoms with E-state index in [9.17, 15) is 14.7 Å². The molecule has 0 saturated heterocycles. The van der Waals surface area contributed by atoms with Crippen molar-refractivity contribution in [1.29, 1.82) is 0 Å². The first kappa shape index (κ1) is 17.9. The number of carbonyl (C=O) groups is 2. The quantitative estimate of drug-likeness (QED) is 0.532. The molecule has 0 aromatic heterocycles. The lowest BCUT2D eigenvalue weighted by Crippen LogP contribution is -2.42. The van der Waals surface area contributed by atoms with E-state index in [1.807, 2.05) is 30.3 Å². The van der Waals surface area contributed by atoms with E-state index >= 15 is 0 Å². The first-order valence-electron chi connectivity index (χ1n) is 7.31. The molecule has 0 bridgehead atoms. The fraction of sp³-hybridized carbons (Fsp3) is 0.412. The maximum atomic E-state index is 12.3. The van der Waals surface area contributed by atoms with Crippen LogP contribution in [-0.2, 0) is 20.9 Å². The number of hydrogen-bond acceptors (Lipinski definition) is 3. The Hall–Kier alpha value is -2.14. The van der Waals surface area contributed by atoms with Crippen molar-refractivity contribution in [3.05, 3.63) is 48.6 Å². The molecule has 1 rings (SSSR count). The normalized spacial score (nSPS) is 11.7. The Balaban J connectivity index is 2.63. The number of amides is 1. The van der Waals surface area contributed by atoms with Gasteiger partial charge in [0.15, 0.2) is 0 Å². The van der Waals surface area contributed by atoms with Crippen LogP contribution in [0.4, 0.5) is 0 Å². The minimum Gasteiger partial charge on any atom is -0.480 e. The molecule has 1 aromatic carbocycles. The zero-order valence-corrected chi connectivity index (χ0v) is 12.9. The number of benzene rings is 1. The monoisotopic (exact) mass is 305 g/mol. The highest BCUT2D eigenvalue weighted by Gasteiger charge is 2.25. The lowest BCUT2D eigenvalue weighted by atomic mass is 10.1. The molecule has 0 spiro atoms. The number of carboxylic acid groups (broad SMARTS) is 1. The van der Waals surface area contributed by atoms with Gasteiger partial charge in [-0.25, -0.2) is 4.79 Å². The molecule has 1 atom stereocenters. The summed E-state index contributed by atoms with van der Waals surface area (Å²) in [7, 11) is 0. The second-order valence-electron chi connectivity index (χ2n) is 4.99. The number of aliphatic carboxylic acids is 1. The van der Waals surface area contributed by atoms with Gasteiger partial charge in [-0.1, -0.05) is 36.4 Å². The summed E-state index contributed by atoms with van der Waals surface area (Å²) in [4.78, 5) is 24.9. The van der Waals surface area contributed by atoms with Crippen molar-refractivity contribution in [2.24, 2.45) is 0 Å². The molecule has 1 N–H and O–H groups in total. The summed E-state index contributed by atoms with van der Waals surface area (Å²) in [5.41, 5.74) is 0.909. The molecule has 0 aliphatic rings. The van der Waals surface area contributed by atoms with Crippen molar-refractivity contribution in [2.75, 3.05) is 13.2 Å². The molecule has 0 aliphatic carbocycles. The van der Waals surface area contributed by atoms with Crippen LogP contribution in [0.2, 0.25) is 0 Å². The van der Waals surface area contributed by atoms with Crippen LogP contribution >= 0.6 is 0 Å². The highest BCUT2D eigenvalue weighted by Crippen LogP contribution is 2.11. The lowest BCUT2D eigenvalue weighted by molar-refractivity contribution is -0.150. The van der Waals surface area contributed by atoms with E-state index in [1.165, 1.54) is 11.8 Å². The van der Waals surface area contributed by atoms with E-state index < -0.39 is 12.0 Å². The Morgan fingerprint density at radius 3 is 2.64 bits per heavy atom. The van der Waals surface area contributed by atoms with Gasteiger partial charge < -0.3 is 14.7 Å². The van der Waals surface area contributed by atoms with Crippen LogP contribution in [0.15, 0.2) is 43.0 Å². The average molecular weight is 305 g/mol. The number of nitrogens with zero attached hydrogens (tertiary/aromatic N) is 1. The second-order valence-corrected chi connectivity index (χ2v) is 4.99. The molecular formula is C17H23NO4. The smallest absolute Gasteiger partial charge is 0.326 e. The van der Waals surface area contributed by atoms with Gasteiger partial charge in [-0.05, 0) is 18.9 Å². The van der Waals surface area contributed by atoms with E-state index in [1.54, 1.807) is 6.08 Å². The summed E-state index contributed by atoms with van der Waals surface area (Å²) in [6, 6.07) is 8.51. The number of hydrogen-bond donors (Lipinski definition) is 1. The Labute approximate surface area is 131 Å². The summed E-state index contributed by atoms with van der Waals surface area (Å²) < 4.78 is 5.23. The SMILES string of the molecule is C=CCOCCCC(=O)N(Cc1ccccc1)C(C)C(=O)O. The van der Waals surface area contributed by atoms with E-state index in [2.05, 4.69) is 6.58 Å². The van der Waals surface area contributed by atoms with Crippen molar-refractivity contribution >= 4 is 11.9 Å². The van der Waals surface area contributed by atoms with E-state index in [-0.39, 0.29) is 12.3 Å². The summed E-state index contributed by atoms with van der Waals surface area (Å²) in [6.45, 7) is 6.27. The predicted octanol–water partition coefficient (Wildman–Crippen LogP) is 2.47. The van der Waals surface area contributed by atoms with Crippen molar-refractivity contribution < 1.29 is 19.4 Å². The van der Waals surface area contributed by atoms with Crippen molar-refractivity contribution in [3.63, 3.8) is 0 Å². The molecule has 0 aliphatic heterocycles. The molecule has 1 amide bonds. The lowest BCUT2D eigenvalue weighted by Gasteiger charge is -2.26. The molecule has 0 saturated carbocycles. The third-order valence-electron chi connectivity index (χ3n) is 3.26. The van der Waals surface area contributed by atoms with Gasteiger partial charge in [-0.15, -0.1) is 6.58 Å². The van der Waals surface area contributed by atoms with Crippen LogP contribution in [0.5, 0.6) is 0 Å². The Kier molecular flexibility index (Phi) is 7.92. The number of carbonyl (C=O) groups excluding carboxylic acids is 1. The molecule has 1 aromatic rings. The molecule has 22 heavy (non-hydrogen) atoms. The van der Waals surface area contributed by atoms with Crippen LogP contribution in [0.3, 0.4) is 0 Å². The summed E-state index contributed by atoms with van der Waals surface area (Å²) in [6.07, 6.45) is 2.47. The minimum absolute atomic E-state index is 0.180. The Bertz CT molecular complexity index is 487. The zero-order chi connectivity index (χ0) is 16.4. The van der Waals surface area contributed by atoms with E-state index in [0.717, 1.165) is 5.56 Å². The average Bonchev–Trinajstić information content (AvgIpc) is 2.52. The topological polar surface area (TPSA) is 66.8 Å². The van der Waals surface area contributed by atoms with Crippen LogP contribution < -0.4 is 0 Å². The molecular weight excluding hydrogens is 282 g/mol. The molecule has 1 unspecified atom stereocenters. The highest BCUT2D eigenvalue weighted by atomic mass is 16.5. The van der Waals surface area contributed by atoms with Crippen LogP contribution in [0.25, 0.3) is 0 Å². The van der Waals surface area contributed by atoms with Gasteiger partial charge in [-0.3, -0.25) is 4.79 Å². The van der Waals surface area contributed by atoms with Gasteiger partial charge in [0, 0.05) is 19.6 Å². The molecule has 0 fully saturated rings. The Morgan fingerprint density at radius 1 is 1.36 bits per heavy atom. The first-order valence-corrected chi connectivity index (χ1v) is 7.31. The van der Waals surface area contributed by atoms with Gasteiger partial charge in [0.05, 0.1) is 6.61 Å². The maximum Gasteiger partial charge on any atom is 0.326 e. The predicted molar refractivity (Wildman–Crippen MR) is 84.3 cm³/mol. The van der Waals surface area contributed by atoms with E-state index in [4.69, 9.17) is 4.74 Å². The molecule has 0 heterocycles.